The van der Waals surface area contributed by atoms with E-state index in [-0.39, 0.29) is 12.1 Å². The number of para-hydroxylation sites is 1. The first kappa shape index (κ1) is 14.4. The van der Waals surface area contributed by atoms with Crippen molar-refractivity contribution in [1.82, 2.24) is 10.6 Å². The number of urea groups is 1. The molecule has 1 aromatic carbocycles. The van der Waals surface area contributed by atoms with Crippen molar-refractivity contribution in [1.29, 1.82) is 0 Å². The number of amides is 3. The van der Waals surface area contributed by atoms with Gasteiger partial charge in [0.25, 0.3) is 0 Å². The molecule has 102 valence electrons. The van der Waals surface area contributed by atoms with Crippen molar-refractivity contribution in [3.8, 4) is 0 Å². The van der Waals surface area contributed by atoms with Crippen molar-refractivity contribution in [2.75, 3.05) is 18.9 Å². The highest BCUT2D eigenvalue weighted by atomic mass is 19.1. The lowest BCUT2D eigenvalue weighted by Crippen LogP contribution is -2.38. The number of hydrogen-bond acceptors (Lipinski definition) is 3. The summed E-state index contributed by atoms with van der Waals surface area (Å²) in [5.41, 5.74) is -0.834. The zero-order valence-corrected chi connectivity index (χ0v) is 9.99. The molecule has 0 heterocycles. The molecule has 0 saturated heterocycles. The minimum absolute atomic E-state index is 0.306. The van der Waals surface area contributed by atoms with Gasteiger partial charge in [-0.1, -0.05) is 6.07 Å². The van der Waals surface area contributed by atoms with Gasteiger partial charge in [0.05, 0.1) is 17.8 Å². The summed E-state index contributed by atoms with van der Waals surface area (Å²) in [7, 11) is 1.39. The van der Waals surface area contributed by atoms with Gasteiger partial charge in [-0.05, 0) is 12.1 Å². The third kappa shape index (κ3) is 3.95. The number of aromatic carboxylic acids is 1. The Labute approximate surface area is 107 Å². The molecule has 19 heavy (non-hydrogen) atoms. The topological polar surface area (TPSA) is 108 Å². The van der Waals surface area contributed by atoms with Crippen LogP contribution in [0, 0.1) is 5.82 Å². The van der Waals surface area contributed by atoms with Crippen molar-refractivity contribution >= 4 is 23.6 Å². The number of carbonyl (C=O) groups is 3. The zero-order valence-electron chi connectivity index (χ0n) is 9.99. The minimum atomic E-state index is -1.37. The Morgan fingerprint density at radius 2 is 2.00 bits per heavy atom. The third-order valence-corrected chi connectivity index (χ3v) is 2.17. The lowest BCUT2D eigenvalue weighted by atomic mass is 10.1. The second kappa shape index (κ2) is 6.34. The molecule has 0 radical (unpaired) electrons. The van der Waals surface area contributed by atoms with E-state index in [0.717, 1.165) is 12.1 Å². The van der Waals surface area contributed by atoms with Crippen molar-refractivity contribution in [2.45, 2.75) is 0 Å². The molecule has 0 fully saturated rings. The first-order valence-electron chi connectivity index (χ1n) is 5.23. The molecule has 0 bridgehead atoms. The predicted molar refractivity (Wildman–Crippen MR) is 64.4 cm³/mol. The standard InChI is InChI=1S/C11H12FN3O4/c1-13-8(16)5-14-11(19)15-9-6(10(17)18)3-2-4-7(9)12/h2-4H,5H2,1H3,(H,13,16)(H,17,18)(H2,14,15,19). The summed E-state index contributed by atoms with van der Waals surface area (Å²) in [4.78, 5) is 33.2. The summed E-state index contributed by atoms with van der Waals surface area (Å²) in [5.74, 6) is -2.70. The van der Waals surface area contributed by atoms with Crippen LogP contribution >= 0.6 is 0 Å². The van der Waals surface area contributed by atoms with E-state index in [1.807, 2.05) is 0 Å². The van der Waals surface area contributed by atoms with E-state index in [1.165, 1.54) is 13.1 Å². The fourth-order valence-corrected chi connectivity index (χ4v) is 1.24. The van der Waals surface area contributed by atoms with Crippen molar-refractivity contribution < 1.29 is 23.9 Å². The smallest absolute Gasteiger partial charge is 0.337 e. The molecule has 0 atom stereocenters. The number of carboxylic acid groups (broad SMARTS) is 1. The number of nitrogens with one attached hydrogen (secondary N) is 3. The number of rotatable bonds is 4. The number of halogens is 1. The van der Waals surface area contributed by atoms with E-state index in [0.29, 0.717) is 0 Å². The number of carbonyl (C=O) groups excluding carboxylic acids is 2. The number of hydrogen-bond donors (Lipinski definition) is 4. The summed E-state index contributed by atoms with van der Waals surface area (Å²) in [6, 6.07) is 2.50. The molecule has 1 aromatic rings. The highest BCUT2D eigenvalue weighted by Crippen LogP contribution is 2.19. The van der Waals surface area contributed by atoms with Crippen LogP contribution in [0.4, 0.5) is 14.9 Å². The van der Waals surface area contributed by atoms with Crippen LogP contribution in [0.15, 0.2) is 18.2 Å². The monoisotopic (exact) mass is 269 g/mol. The Kier molecular flexibility index (Phi) is 4.81. The van der Waals surface area contributed by atoms with Gasteiger partial charge >= 0.3 is 12.0 Å². The first-order valence-corrected chi connectivity index (χ1v) is 5.23. The van der Waals surface area contributed by atoms with Crippen molar-refractivity contribution in [3.63, 3.8) is 0 Å². The molecule has 7 nitrogen and oxygen atoms in total. The van der Waals surface area contributed by atoms with Gasteiger partial charge in [0.2, 0.25) is 5.91 Å². The lowest BCUT2D eigenvalue weighted by Gasteiger charge is -2.10. The first-order chi connectivity index (χ1) is 8.95. The van der Waals surface area contributed by atoms with Crippen molar-refractivity contribution in [3.05, 3.63) is 29.6 Å². The molecule has 3 amide bonds. The minimum Gasteiger partial charge on any atom is -0.478 e. The normalized spacial score (nSPS) is 9.58. The highest BCUT2D eigenvalue weighted by Gasteiger charge is 2.16. The van der Waals surface area contributed by atoms with E-state index in [9.17, 15) is 18.8 Å². The van der Waals surface area contributed by atoms with Crippen LogP contribution in [0.25, 0.3) is 0 Å². The molecule has 4 N–H and O–H groups in total. The van der Waals surface area contributed by atoms with Gasteiger partial charge in [-0.3, -0.25) is 4.79 Å². The molecule has 0 aromatic heterocycles. The maximum Gasteiger partial charge on any atom is 0.337 e. The Balaban J connectivity index is 2.79. The van der Waals surface area contributed by atoms with E-state index in [2.05, 4.69) is 16.0 Å². The number of likely N-dealkylation sites (N-methyl/N-ethyl adjacent to an activating group) is 1. The van der Waals surface area contributed by atoms with Gasteiger partial charge in [0.15, 0.2) is 0 Å². The molecule has 0 aliphatic rings. The number of carboxylic acids is 1. The summed E-state index contributed by atoms with van der Waals surface area (Å²) in [5, 5.41) is 15.3. The van der Waals surface area contributed by atoms with Gasteiger partial charge in [-0.2, -0.15) is 0 Å². The van der Waals surface area contributed by atoms with Crippen molar-refractivity contribution in [2.24, 2.45) is 0 Å². The number of anilines is 1. The molecule has 0 aliphatic carbocycles. The average molecular weight is 269 g/mol. The van der Waals surface area contributed by atoms with Gasteiger partial charge in [0.1, 0.15) is 5.82 Å². The highest BCUT2D eigenvalue weighted by molar-refractivity contribution is 6.00. The molecule has 0 aliphatic heterocycles. The quantitative estimate of drug-likeness (QED) is 0.634. The number of benzene rings is 1. The van der Waals surface area contributed by atoms with Crippen LogP contribution < -0.4 is 16.0 Å². The predicted octanol–water partition coefficient (Wildman–Crippen LogP) is 0.391. The molecular weight excluding hydrogens is 257 g/mol. The summed E-state index contributed by atoms with van der Waals surface area (Å²) < 4.78 is 13.5. The van der Waals surface area contributed by atoms with Gasteiger partial charge in [-0.15, -0.1) is 0 Å². The Hall–Kier alpha value is -2.64. The van der Waals surface area contributed by atoms with E-state index in [1.54, 1.807) is 0 Å². The second-order valence-electron chi connectivity index (χ2n) is 3.45. The summed E-state index contributed by atoms with van der Waals surface area (Å²) >= 11 is 0. The second-order valence-corrected chi connectivity index (χ2v) is 3.45. The summed E-state index contributed by atoms with van der Waals surface area (Å²) in [6.07, 6.45) is 0. The maximum atomic E-state index is 13.5. The Morgan fingerprint density at radius 1 is 1.32 bits per heavy atom. The fourth-order valence-electron chi connectivity index (χ4n) is 1.24. The van der Waals surface area contributed by atoms with E-state index in [4.69, 9.17) is 5.11 Å². The van der Waals surface area contributed by atoms with Crippen LogP contribution in [-0.2, 0) is 4.79 Å². The van der Waals surface area contributed by atoms with Crippen LogP contribution in [0.1, 0.15) is 10.4 Å². The summed E-state index contributed by atoms with van der Waals surface area (Å²) in [6.45, 7) is -0.306. The third-order valence-electron chi connectivity index (χ3n) is 2.17. The largest absolute Gasteiger partial charge is 0.478 e. The molecule has 1 rings (SSSR count). The van der Waals surface area contributed by atoms with Gasteiger partial charge in [-0.25, -0.2) is 14.0 Å². The van der Waals surface area contributed by atoms with Crippen LogP contribution in [0.5, 0.6) is 0 Å². The molecular formula is C11H12FN3O4. The molecule has 0 unspecified atom stereocenters. The van der Waals surface area contributed by atoms with Gasteiger partial charge < -0.3 is 21.1 Å². The van der Waals surface area contributed by atoms with E-state index >= 15 is 0 Å². The maximum absolute atomic E-state index is 13.5. The van der Waals surface area contributed by atoms with Crippen LogP contribution in [-0.4, -0.2) is 36.6 Å². The average Bonchev–Trinajstić information content (AvgIpc) is 2.38. The zero-order chi connectivity index (χ0) is 14.4. The fraction of sp³-hybridized carbons (Fsp3) is 0.182. The van der Waals surface area contributed by atoms with Gasteiger partial charge in [0, 0.05) is 7.05 Å². The Morgan fingerprint density at radius 3 is 2.58 bits per heavy atom. The lowest BCUT2D eigenvalue weighted by molar-refractivity contribution is -0.119. The van der Waals surface area contributed by atoms with E-state index < -0.39 is 29.4 Å². The molecule has 8 heteroatoms. The van der Waals surface area contributed by atoms with Crippen LogP contribution in [0.3, 0.4) is 0 Å². The molecule has 0 saturated carbocycles. The SMILES string of the molecule is CNC(=O)CNC(=O)Nc1c(F)cccc1C(=O)O. The Bertz CT molecular complexity index is 519. The van der Waals surface area contributed by atoms with Crippen LogP contribution in [0.2, 0.25) is 0 Å². The molecule has 0 spiro atoms.